The van der Waals surface area contributed by atoms with Gasteiger partial charge in [0.15, 0.2) is 0 Å². The van der Waals surface area contributed by atoms with Gasteiger partial charge in [0.05, 0.1) is 6.61 Å². The second-order valence-corrected chi connectivity index (χ2v) is 6.54. The van der Waals surface area contributed by atoms with E-state index in [4.69, 9.17) is 10.5 Å². The molecule has 2 aromatic carbocycles. The average molecular weight is 299 g/mol. The number of fused-ring (bicyclic) bond motifs is 1. The topological polar surface area (TPSA) is 35.2 Å². The molecule has 3 heteroatoms. The molecule has 1 aliphatic carbocycles. The van der Waals surface area contributed by atoms with Gasteiger partial charge in [0.2, 0.25) is 0 Å². The van der Waals surface area contributed by atoms with Gasteiger partial charge in [-0.15, -0.1) is 11.8 Å². The number of benzene rings is 2. The highest BCUT2D eigenvalue weighted by Gasteiger charge is 2.17. The summed E-state index contributed by atoms with van der Waals surface area (Å²) >= 11 is 1.82. The van der Waals surface area contributed by atoms with Crippen LogP contribution in [0.5, 0.6) is 5.75 Å². The third kappa shape index (κ3) is 3.80. The lowest BCUT2D eigenvalue weighted by molar-refractivity contribution is 0.342. The molecule has 0 radical (unpaired) electrons. The van der Waals surface area contributed by atoms with Crippen molar-refractivity contribution in [2.24, 2.45) is 5.73 Å². The van der Waals surface area contributed by atoms with Crippen LogP contribution in [0.1, 0.15) is 30.0 Å². The van der Waals surface area contributed by atoms with Gasteiger partial charge in [-0.2, -0.15) is 0 Å². The maximum Gasteiger partial charge on any atom is 0.119 e. The summed E-state index contributed by atoms with van der Waals surface area (Å²) in [5.74, 6) is 1.90. The van der Waals surface area contributed by atoms with Gasteiger partial charge in [0, 0.05) is 16.7 Å². The summed E-state index contributed by atoms with van der Waals surface area (Å²) < 4.78 is 5.87. The number of hydrogen-bond acceptors (Lipinski definition) is 3. The monoisotopic (exact) mass is 299 g/mol. The number of aryl methyl sites for hydroxylation is 1. The Bertz CT molecular complexity index is 585. The molecule has 2 aromatic rings. The SMILES string of the molecule is N[C@H]1CCCc2ccc(OCCSc3ccccc3)cc21. The smallest absolute Gasteiger partial charge is 0.119 e. The summed E-state index contributed by atoms with van der Waals surface area (Å²) in [7, 11) is 0. The van der Waals surface area contributed by atoms with Crippen LogP contribution in [-0.4, -0.2) is 12.4 Å². The second kappa shape index (κ2) is 7.01. The second-order valence-electron chi connectivity index (χ2n) is 5.37. The molecule has 3 rings (SSSR count). The molecule has 110 valence electrons. The molecule has 0 aliphatic heterocycles. The summed E-state index contributed by atoms with van der Waals surface area (Å²) in [4.78, 5) is 1.29. The van der Waals surface area contributed by atoms with E-state index in [1.165, 1.54) is 22.4 Å². The van der Waals surface area contributed by atoms with Crippen LogP contribution in [-0.2, 0) is 6.42 Å². The van der Waals surface area contributed by atoms with E-state index in [-0.39, 0.29) is 6.04 Å². The van der Waals surface area contributed by atoms with Crippen molar-refractivity contribution in [3.63, 3.8) is 0 Å². The van der Waals surface area contributed by atoms with Crippen molar-refractivity contribution in [3.8, 4) is 5.75 Å². The van der Waals surface area contributed by atoms with Crippen molar-refractivity contribution in [2.75, 3.05) is 12.4 Å². The molecule has 1 atom stereocenters. The van der Waals surface area contributed by atoms with Crippen molar-refractivity contribution in [3.05, 3.63) is 59.7 Å². The molecule has 0 saturated carbocycles. The predicted octanol–water partition coefficient (Wildman–Crippen LogP) is 4.19. The Morgan fingerprint density at radius 2 is 2.00 bits per heavy atom. The van der Waals surface area contributed by atoms with Gasteiger partial charge in [-0.25, -0.2) is 0 Å². The molecule has 0 bridgehead atoms. The quantitative estimate of drug-likeness (QED) is 0.664. The zero-order valence-corrected chi connectivity index (χ0v) is 12.9. The molecule has 0 aromatic heterocycles. The molecule has 0 saturated heterocycles. The standard InChI is InChI=1S/C18H21NOS/c19-18-8-4-5-14-9-10-15(13-17(14)18)20-11-12-21-16-6-2-1-3-7-16/h1-3,6-7,9-10,13,18H,4-5,8,11-12,19H2/t18-/m0/s1. The lowest BCUT2D eigenvalue weighted by atomic mass is 9.88. The van der Waals surface area contributed by atoms with Crippen LogP contribution in [0.25, 0.3) is 0 Å². The normalized spacial score (nSPS) is 17.3. The minimum Gasteiger partial charge on any atom is -0.493 e. The van der Waals surface area contributed by atoms with E-state index in [0.29, 0.717) is 6.61 Å². The minimum atomic E-state index is 0.177. The molecular weight excluding hydrogens is 278 g/mol. The Morgan fingerprint density at radius 1 is 1.14 bits per heavy atom. The van der Waals surface area contributed by atoms with E-state index in [9.17, 15) is 0 Å². The van der Waals surface area contributed by atoms with Crippen molar-refractivity contribution >= 4 is 11.8 Å². The summed E-state index contributed by atoms with van der Waals surface area (Å²) in [6.07, 6.45) is 3.43. The van der Waals surface area contributed by atoms with Gasteiger partial charge in [-0.05, 0) is 54.7 Å². The fourth-order valence-electron chi connectivity index (χ4n) is 2.74. The molecule has 0 heterocycles. The minimum absolute atomic E-state index is 0.177. The maximum absolute atomic E-state index is 6.19. The van der Waals surface area contributed by atoms with E-state index in [2.05, 4.69) is 42.5 Å². The first-order valence-corrected chi connectivity index (χ1v) is 8.50. The highest BCUT2D eigenvalue weighted by Crippen LogP contribution is 2.31. The van der Waals surface area contributed by atoms with E-state index >= 15 is 0 Å². The van der Waals surface area contributed by atoms with Crippen LogP contribution in [0, 0.1) is 0 Å². The lowest BCUT2D eigenvalue weighted by Gasteiger charge is -2.22. The van der Waals surface area contributed by atoms with Crippen LogP contribution in [0.3, 0.4) is 0 Å². The first kappa shape index (κ1) is 14.5. The first-order chi connectivity index (χ1) is 10.3. The van der Waals surface area contributed by atoms with Gasteiger partial charge in [-0.1, -0.05) is 24.3 Å². The van der Waals surface area contributed by atoms with Crippen LogP contribution in [0.4, 0.5) is 0 Å². The lowest BCUT2D eigenvalue weighted by Crippen LogP contribution is -2.17. The van der Waals surface area contributed by atoms with Gasteiger partial charge in [-0.3, -0.25) is 0 Å². The van der Waals surface area contributed by atoms with Crippen LogP contribution >= 0.6 is 11.8 Å². The number of hydrogen-bond donors (Lipinski definition) is 1. The molecule has 1 aliphatic rings. The molecule has 0 unspecified atom stereocenters. The van der Waals surface area contributed by atoms with Crippen molar-refractivity contribution in [1.29, 1.82) is 0 Å². The Morgan fingerprint density at radius 3 is 2.86 bits per heavy atom. The van der Waals surface area contributed by atoms with Gasteiger partial charge >= 0.3 is 0 Å². The van der Waals surface area contributed by atoms with Crippen molar-refractivity contribution in [1.82, 2.24) is 0 Å². The van der Waals surface area contributed by atoms with E-state index in [0.717, 1.165) is 24.3 Å². The Hall–Kier alpha value is -1.45. The molecule has 0 fully saturated rings. The largest absolute Gasteiger partial charge is 0.493 e. The molecule has 21 heavy (non-hydrogen) atoms. The number of ether oxygens (including phenoxy) is 1. The highest BCUT2D eigenvalue weighted by molar-refractivity contribution is 7.99. The first-order valence-electron chi connectivity index (χ1n) is 7.52. The van der Waals surface area contributed by atoms with Crippen LogP contribution in [0.2, 0.25) is 0 Å². The fourth-order valence-corrected chi connectivity index (χ4v) is 3.49. The Kier molecular flexibility index (Phi) is 4.84. The maximum atomic E-state index is 6.19. The Labute approximate surface area is 130 Å². The number of thioether (sulfide) groups is 1. The van der Waals surface area contributed by atoms with Gasteiger partial charge in [0.1, 0.15) is 5.75 Å². The Balaban J connectivity index is 1.53. The summed E-state index contributed by atoms with van der Waals surface area (Å²) in [5.41, 5.74) is 8.85. The zero-order valence-electron chi connectivity index (χ0n) is 12.1. The summed E-state index contributed by atoms with van der Waals surface area (Å²) in [6, 6.07) is 17.0. The summed E-state index contributed by atoms with van der Waals surface area (Å²) in [5, 5.41) is 0. The van der Waals surface area contributed by atoms with E-state index in [1.807, 2.05) is 17.8 Å². The fraction of sp³-hybridized carbons (Fsp3) is 0.333. The zero-order chi connectivity index (χ0) is 14.5. The van der Waals surface area contributed by atoms with Crippen molar-refractivity contribution < 1.29 is 4.74 Å². The predicted molar refractivity (Wildman–Crippen MR) is 89.0 cm³/mol. The molecule has 2 nitrogen and oxygen atoms in total. The molecule has 0 amide bonds. The third-order valence-electron chi connectivity index (χ3n) is 3.84. The number of nitrogens with two attached hydrogens (primary N) is 1. The van der Waals surface area contributed by atoms with E-state index < -0.39 is 0 Å². The highest BCUT2D eigenvalue weighted by atomic mass is 32.2. The van der Waals surface area contributed by atoms with Crippen LogP contribution < -0.4 is 10.5 Å². The van der Waals surface area contributed by atoms with Gasteiger partial charge < -0.3 is 10.5 Å². The van der Waals surface area contributed by atoms with Crippen LogP contribution in [0.15, 0.2) is 53.4 Å². The molecule has 0 spiro atoms. The average Bonchev–Trinajstić information content (AvgIpc) is 2.53. The number of rotatable bonds is 5. The third-order valence-corrected chi connectivity index (χ3v) is 4.82. The molecule has 2 N–H and O–H groups in total. The molecular formula is C18H21NOS. The summed E-state index contributed by atoms with van der Waals surface area (Å²) in [6.45, 7) is 0.716. The van der Waals surface area contributed by atoms with E-state index in [1.54, 1.807) is 0 Å². The van der Waals surface area contributed by atoms with Gasteiger partial charge in [0.25, 0.3) is 0 Å². The van der Waals surface area contributed by atoms with Crippen molar-refractivity contribution in [2.45, 2.75) is 30.2 Å².